The van der Waals surface area contributed by atoms with Crippen molar-refractivity contribution in [2.75, 3.05) is 24.5 Å². The maximum Gasteiger partial charge on any atom is 0.246 e. The lowest BCUT2D eigenvalue weighted by Gasteiger charge is -2.44. The number of benzene rings is 2. The third-order valence-corrected chi connectivity index (χ3v) is 8.28. The van der Waals surface area contributed by atoms with E-state index in [9.17, 15) is 9.59 Å². The van der Waals surface area contributed by atoms with E-state index in [0.29, 0.717) is 31.7 Å². The molecule has 0 spiro atoms. The van der Waals surface area contributed by atoms with Gasteiger partial charge in [0, 0.05) is 50.9 Å². The Labute approximate surface area is 218 Å². The van der Waals surface area contributed by atoms with E-state index in [1.54, 1.807) is 6.92 Å². The van der Waals surface area contributed by atoms with Crippen molar-refractivity contribution in [1.82, 2.24) is 24.8 Å². The Bertz CT molecular complexity index is 1250. The van der Waals surface area contributed by atoms with Crippen molar-refractivity contribution in [2.24, 2.45) is 5.92 Å². The molecule has 8 heteroatoms. The van der Waals surface area contributed by atoms with Gasteiger partial charge in [-0.15, -0.1) is 0 Å². The molecule has 2 amide bonds. The molecule has 1 saturated heterocycles. The molecule has 2 bridgehead atoms. The average molecular weight is 501 g/mol. The van der Waals surface area contributed by atoms with Gasteiger partial charge in [-0.25, -0.2) is 0 Å². The molecular weight excluding hydrogens is 464 g/mol. The third kappa shape index (κ3) is 5.25. The van der Waals surface area contributed by atoms with Crippen molar-refractivity contribution < 1.29 is 9.59 Å². The highest BCUT2D eigenvalue weighted by atomic mass is 16.2. The second-order valence-corrected chi connectivity index (χ2v) is 11.0. The van der Waals surface area contributed by atoms with Crippen molar-refractivity contribution in [1.29, 1.82) is 0 Å². The molecule has 0 radical (unpaired) electrons. The Morgan fingerprint density at radius 1 is 0.892 bits per heavy atom. The molecule has 3 aliphatic rings. The third-order valence-electron chi connectivity index (χ3n) is 8.28. The van der Waals surface area contributed by atoms with Gasteiger partial charge in [-0.3, -0.25) is 14.5 Å². The van der Waals surface area contributed by atoms with Crippen LogP contribution in [0.15, 0.2) is 48.5 Å². The lowest BCUT2D eigenvalue weighted by atomic mass is 9.92. The SMILES string of the molecule is CC(=O)N1CCC2CCCC(CN(C(=O)Cn3nc4ccccc4n3)Cc3ccccc31)N2CC1CC1. The maximum atomic E-state index is 13.8. The number of carbonyl (C=O) groups is 2. The first-order valence-electron chi connectivity index (χ1n) is 13.7. The molecular formula is C29H36N6O2. The van der Waals surface area contributed by atoms with Crippen molar-refractivity contribution in [3.8, 4) is 0 Å². The number of anilines is 1. The zero-order valence-corrected chi connectivity index (χ0v) is 21.6. The monoisotopic (exact) mass is 500 g/mol. The summed E-state index contributed by atoms with van der Waals surface area (Å²) in [6.07, 6.45) is 7.01. The van der Waals surface area contributed by atoms with Gasteiger partial charge in [0.2, 0.25) is 11.8 Å². The Morgan fingerprint density at radius 3 is 2.32 bits per heavy atom. The van der Waals surface area contributed by atoms with E-state index >= 15 is 0 Å². The summed E-state index contributed by atoms with van der Waals surface area (Å²) in [6.45, 7) is 4.74. The summed E-state index contributed by atoms with van der Waals surface area (Å²) in [5.41, 5.74) is 3.51. The number of hydrogen-bond acceptors (Lipinski definition) is 5. The van der Waals surface area contributed by atoms with Crippen molar-refractivity contribution in [3.05, 3.63) is 54.1 Å². The van der Waals surface area contributed by atoms with Gasteiger partial charge < -0.3 is 9.80 Å². The van der Waals surface area contributed by atoms with Crippen molar-refractivity contribution >= 4 is 28.5 Å². The van der Waals surface area contributed by atoms with E-state index in [1.165, 1.54) is 17.6 Å². The molecule has 1 saturated carbocycles. The summed E-state index contributed by atoms with van der Waals surface area (Å²) in [6, 6.07) is 16.5. The number of nitrogens with zero attached hydrogens (tertiary/aromatic N) is 6. The predicted molar refractivity (Wildman–Crippen MR) is 143 cm³/mol. The van der Waals surface area contributed by atoms with Gasteiger partial charge in [0.25, 0.3) is 0 Å². The van der Waals surface area contributed by atoms with Gasteiger partial charge in [-0.05, 0) is 61.8 Å². The highest BCUT2D eigenvalue weighted by Crippen LogP contribution is 2.36. The fourth-order valence-corrected chi connectivity index (χ4v) is 6.17. The van der Waals surface area contributed by atoms with Gasteiger partial charge in [0.05, 0.1) is 0 Å². The van der Waals surface area contributed by atoms with Crippen LogP contribution in [-0.2, 0) is 22.7 Å². The van der Waals surface area contributed by atoms with Crippen LogP contribution < -0.4 is 4.90 Å². The molecule has 6 rings (SSSR count). The molecule has 1 aliphatic carbocycles. The highest BCUT2D eigenvalue weighted by Gasteiger charge is 2.37. The minimum atomic E-state index is 0.0113. The topological polar surface area (TPSA) is 74.6 Å². The van der Waals surface area contributed by atoms with E-state index in [0.717, 1.165) is 60.4 Å². The number of piperidine rings is 1. The number of hydrogen-bond donors (Lipinski definition) is 0. The van der Waals surface area contributed by atoms with Gasteiger partial charge in [-0.2, -0.15) is 15.0 Å². The summed E-state index contributed by atoms with van der Waals surface area (Å²) < 4.78 is 0. The first-order chi connectivity index (χ1) is 18.0. The lowest BCUT2D eigenvalue weighted by Crippen LogP contribution is -2.53. The van der Waals surface area contributed by atoms with Crippen LogP contribution in [0.4, 0.5) is 5.69 Å². The number of fused-ring (bicyclic) bond motifs is 4. The van der Waals surface area contributed by atoms with Crippen LogP contribution in [0.3, 0.4) is 0 Å². The average Bonchev–Trinajstić information content (AvgIpc) is 3.61. The Kier molecular flexibility index (Phi) is 6.67. The maximum absolute atomic E-state index is 13.8. The molecule has 37 heavy (non-hydrogen) atoms. The van der Waals surface area contributed by atoms with Gasteiger partial charge in [-0.1, -0.05) is 36.8 Å². The summed E-state index contributed by atoms with van der Waals surface area (Å²) in [5, 5.41) is 9.07. The fraction of sp³-hybridized carbons (Fsp3) is 0.517. The standard InChI is InChI=1S/C29H36N6O2/c1-21(36)33-16-15-24-8-6-9-25(34(24)17-22-13-14-22)19-32(18-23-7-2-5-12-28(23)33)29(37)20-35-30-26-10-3-4-11-27(26)31-35/h2-5,7,10-12,22,24-25H,6,8-9,13-20H2,1H3. The molecule has 2 fully saturated rings. The normalized spacial score (nSPS) is 22.9. The minimum absolute atomic E-state index is 0.0113. The van der Waals surface area contributed by atoms with E-state index in [4.69, 9.17) is 0 Å². The van der Waals surface area contributed by atoms with Crippen molar-refractivity contribution in [3.63, 3.8) is 0 Å². The molecule has 194 valence electrons. The second kappa shape index (κ2) is 10.2. The molecule has 3 heterocycles. The van der Waals surface area contributed by atoms with E-state index < -0.39 is 0 Å². The van der Waals surface area contributed by atoms with E-state index in [1.807, 2.05) is 52.3 Å². The zero-order valence-electron chi connectivity index (χ0n) is 21.6. The number of aromatic nitrogens is 3. The molecule has 2 atom stereocenters. The zero-order chi connectivity index (χ0) is 25.4. The number of para-hydroxylation sites is 1. The Hall–Kier alpha value is -3.26. The van der Waals surface area contributed by atoms with E-state index in [2.05, 4.69) is 21.2 Å². The molecule has 2 unspecified atom stereocenters. The number of carbonyl (C=O) groups excluding carboxylic acids is 2. The molecule has 2 aliphatic heterocycles. The highest BCUT2D eigenvalue weighted by molar-refractivity contribution is 5.92. The van der Waals surface area contributed by atoms with Gasteiger partial charge in [0.15, 0.2) is 0 Å². The summed E-state index contributed by atoms with van der Waals surface area (Å²) in [4.78, 5) is 34.8. The predicted octanol–water partition coefficient (Wildman–Crippen LogP) is 3.85. The fourth-order valence-electron chi connectivity index (χ4n) is 6.17. The molecule has 8 nitrogen and oxygen atoms in total. The van der Waals surface area contributed by atoms with Crippen LogP contribution >= 0.6 is 0 Å². The lowest BCUT2D eigenvalue weighted by molar-refractivity contribution is -0.134. The summed E-state index contributed by atoms with van der Waals surface area (Å²) >= 11 is 0. The molecule has 2 aromatic carbocycles. The molecule has 3 aromatic rings. The van der Waals surface area contributed by atoms with Crippen LogP contribution in [-0.4, -0.2) is 68.3 Å². The summed E-state index contributed by atoms with van der Waals surface area (Å²) in [7, 11) is 0. The summed E-state index contributed by atoms with van der Waals surface area (Å²) in [5.74, 6) is 0.842. The quantitative estimate of drug-likeness (QED) is 0.544. The second-order valence-electron chi connectivity index (χ2n) is 11.0. The van der Waals surface area contributed by atoms with E-state index in [-0.39, 0.29) is 18.4 Å². The molecule has 1 aromatic heterocycles. The van der Waals surface area contributed by atoms with Gasteiger partial charge >= 0.3 is 0 Å². The van der Waals surface area contributed by atoms with Gasteiger partial charge in [0.1, 0.15) is 17.6 Å². The van der Waals surface area contributed by atoms with Crippen LogP contribution in [0.1, 0.15) is 51.0 Å². The largest absolute Gasteiger partial charge is 0.335 e. The van der Waals surface area contributed by atoms with Crippen molar-refractivity contribution in [2.45, 2.75) is 70.6 Å². The Morgan fingerprint density at radius 2 is 1.59 bits per heavy atom. The Balaban J connectivity index is 1.34. The number of amides is 2. The minimum Gasteiger partial charge on any atom is -0.335 e. The molecule has 0 N–H and O–H groups in total. The van der Waals surface area contributed by atoms with Crippen LogP contribution in [0, 0.1) is 5.92 Å². The van der Waals surface area contributed by atoms with Crippen LogP contribution in [0.2, 0.25) is 0 Å². The smallest absolute Gasteiger partial charge is 0.246 e. The first kappa shape index (κ1) is 24.1. The number of rotatable bonds is 4. The van der Waals surface area contributed by atoms with Crippen LogP contribution in [0.25, 0.3) is 11.0 Å². The first-order valence-corrected chi connectivity index (χ1v) is 13.7. The van der Waals surface area contributed by atoms with Crippen LogP contribution in [0.5, 0.6) is 0 Å².